The molecule has 3 aromatic rings. The number of likely N-dealkylation sites (tertiary alicyclic amines) is 1. The Morgan fingerprint density at radius 1 is 1.27 bits per heavy atom. The molecule has 33 heavy (non-hydrogen) atoms. The Morgan fingerprint density at radius 2 is 2.15 bits per heavy atom. The van der Waals surface area contributed by atoms with Gasteiger partial charge < -0.3 is 20.9 Å². The van der Waals surface area contributed by atoms with E-state index in [-0.39, 0.29) is 19.1 Å². The van der Waals surface area contributed by atoms with Crippen LogP contribution in [0.25, 0.3) is 10.8 Å². The molecule has 2 heterocycles. The highest BCUT2D eigenvalue weighted by molar-refractivity contribution is 6.05. The number of benzene rings is 2. The molecule has 1 unspecified atom stereocenters. The number of aromatic nitrogens is 1. The number of nitrogens with one attached hydrogen (secondary N) is 1. The molecule has 2 amide bonds. The maximum Gasteiger partial charge on any atom is 0.347 e. The van der Waals surface area contributed by atoms with Crippen molar-refractivity contribution in [3.8, 4) is 5.75 Å². The summed E-state index contributed by atoms with van der Waals surface area (Å²) in [6, 6.07) is 14.9. The summed E-state index contributed by atoms with van der Waals surface area (Å²) < 4.78 is 5.51. The van der Waals surface area contributed by atoms with E-state index < -0.39 is 6.03 Å². The zero-order valence-corrected chi connectivity index (χ0v) is 18.5. The van der Waals surface area contributed by atoms with Gasteiger partial charge in [-0.05, 0) is 49.2 Å². The SMILES string of the molecule is N/C(=N\C(=O)Nc1cccc2cnccc12)C1CCCN(Cc2cccc(OCCO)c2)C1. The van der Waals surface area contributed by atoms with Crippen LogP contribution in [-0.4, -0.2) is 53.2 Å². The van der Waals surface area contributed by atoms with E-state index >= 15 is 0 Å². The van der Waals surface area contributed by atoms with Crippen molar-refractivity contribution in [1.82, 2.24) is 9.88 Å². The number of amides is 2. The third kappa shape index (κ3) is 6.06. The molecule has 8 nitrogen and oxygen atoms in total. The molecule has 0 spiro atoms. The number of anilines is 1. The number of aliphatic imine (C=N–C) groups is 1. The smallest absolute Gasteiger partial charge is 0.347 e. The summed E-state index contributed by atoms with van der Waals surface area (Å²) in [6.07, 6.45) is 5.34. The quantitative estimate of drug-likeness (QED) is 0.378. The lowest BCUT2D eigenvalue weighted by atomic mass is 9.96. The molecule has 2 aromatic carbocycles. The van der Waals surface area contributed by atoms with Crippen LogP contribution < -0.4 is 15.8 Å². The number of nitrogens with zero attached hydrogens (tertiary/aromatic N) is 3. The van der Waals surface area contributed by atoms with Gasteiger partial charge in [0, 0.05) is 42.2 Å². The van der Waals surface area contributed by atoms with E-state index in [1.54, 1.807) is 12.4 Å². The monoisotopic (exact) mass is 447 g/mol. The first-order valence-electron chi connectivity index (χ1n) is 11.1. The van der Waals surface area contributed by atoms with Crippen LogP contribution in [0.2, 0.25) is 0 Å². The summed E-state index contributed by atoms with van der Waals surface area (Å²) in [5.74, 6) is 1.13. The van der Waals surface area contributed by atoms with Gasteiger partial charge in [-0.2, -0.15) is 4.99 Å². The van der Waals surface area contributed by atoms with E-state index in [4.69, 9.17) is 15.6 Å². The van der Waals surface area contributed by atoms with Crippen LogP contribution in [0.15, 0.2) is 65.9 Å². The minimum absolute atomic E-state index is 0.0120. The zero-order chi connectivity index (χ0) is 23.0. The fourth-order valence-electron chi connectivity index (χ4n) is 4.18. The summed E-state index contributed by atoms with van der Waals surface area (Å²) in [4.78, 5) is 23.1. The van der Waals surface area contributed by atoms with E-state index in [9.17, 15) is 4.79 Å². The van der Waals surface area contributed by atoms with Crippen LogP contribution in [-0.2, 0) is 6.54 Å². The van der Waals surface area contributed by atoms with Gasteiger partial charge in [0.25, 0.3) is 0 Å². The van der Waals surface area contributed by atoms with Gasteiger partial charge in [0.1, 0.15) is 18.2 Å². The Labute approximate surface area is 193 Å². The Bertz CT molecular complexity index is 1130. The maximum atomic E-state index is 12.6. The molecule has 1 fully saturated rings. The van der Waals surface area contributed by atoms with Crippen LogP contribution in [0.3, 0.4) is 0 Å². The van der Waals surface area contributed by atoms with Gasteiger partial charge >= 0.3 is 6.03 Å². The Morgan fingerprint density at radius 3 is 3.03 bits per heavy atom. The van der Waals surface area contributed by atoms with Crippen molar-refractivity contribution in [2.75, 3.05) is 31.6 Å². The number of fused-ring (bicyclic) bond motifs is 1. The first kappa shape index (κ1) is 22.7. The lowest BCUT2D eigenvalue weighted by Gasteiger charge is -2.32. The van der Waals surface area contributed by atoms with Gasteiger partial charge in [-0.15, -0.1) is 0 Å². The minimum Gasteiger partial charge on any atom is -0.491 e. The number of nitrogens with two attached hydrogens (primary N) is 1. The number of hydrogen-bond acceptors (Lipinski definition) is 5. The highest BCUT2D eigenvalue weighted by Crippen LogP contribution is 2.23. The average molecular weight is 448 g/mol. The van der Waals surface area contributed by atoms with Gasteiger partial charge in [0.15, 0.2) is 0 Å². The number of rotatable bonds is 7. The molecule has 1 atom stereocenters. The summed E-state index contributed by atoms with van der Waals surface area (Å²) >= 11 is 0. The van der Waals surface area contributed by atoms with Crippen molar-refractivity contribution < 1.29 is 14.6 Å². The molecule has 4 rings (SSSR count). The average Bonchev–Trinajstić information content (AvgIpc) is 2.83. The molecular formula is C25H29N5O3. The summed E-state index contributed by atoms with van der Waals surface area (Å²) in [7, 11) is 0. The Hall–Kier alpha value is -3.49. The number of piperidine rings is 1. The predicted molar refractivity (Wildman–Crippen MR) is 129 cm³/mol. The molecule has 8 heteroatoms. The number of urea groups is 1. The van der Waals surface area contributed by atoms with Gasteiger partial charge in [0.05, 0.1) is 12.3 Å². The summed E-state index contributed by atoms with van der Waals surface area (Å²) in [5, 5.41) is 13.6. The molecule has 1 aromatic heterocycles. The number of aliphatic hydroxyl groups is 1. The van der Waals surface area contributed by atoms with E-state index in [1.165, 1.54) is 0 Å². The Kier molecular flexibility index (Phi) is 7.49. The molecular weight excluding hydrogens is 418 g/mol. The van der Waals surface area contributed by atoms with Crippen LogP contribution in [0.1, 0.15) is 18.4 Å². The molecule has 0 radical (unpaired) electrons. The first-order valence-corrected chi connectivity index (χ1v) is 11.1. The van der Waals surface area contributed by atoms with Crippen molar-refractivity contribution in [2.45, 2.75) is 19.4 Å². The van der Waals surface area contributed by atoms with Crippen molar-refractivity contribution in [3.63, 3.8) is 0 Å². The second-order valence-electron chi connectivity index (χ2n) is 8.16. The second kappa shape index (κ2) is 10.9. The first-order chi connectivity index (χ1) is 16.1. The Balaban J connectivity index is 1.37. The van der Waals surface area contributed by atoms with Crippen LogP contribution in [0.5, 0.6) is 5.75 Å². The number of aliphatic hydroxyl groups excluding tert-OH is 1. The number of pyridine rings is 1. The van der Waals surface area contributed by atoms with Gasteiger partial charge in [-0.3, -0.25) is 9.88 Å². The number of carbonyl (C=O) groups excluding carboxylic acids is 1. The zero-order valence-electron chi connectivity index (χ0n) is 18.5. The lowest BCUT2D eigenvalue weighted by Crippen LogP contribution is -2.41. The van der Waals surface area contributed by atoms with Crippen molar-refractivity contribution >= 4 is 28.3 Å². The number of amidine groups is 1. The largest absolute Gasteiger partial charge is 0.491 e. The number of ether oxygens (including phenoxy) is 1. The van der Waals surface area contributed by atoms with Gasteiger partial charge in [-0.25, -0.2) is 4.79 Å². The fourth-order valence-corrected chi connectivity index (χ4v) is 4.18. The predicted octanol–water partition coefficient (Wildman–Crippen LogP) is 3.41. The standard InChI is InChI=1S/C25H29N5O3/c26-24(29-25(32)28-23-8-2-5-19-15-27-10-9-22(19)23)20-6-3-11-30(17-20)16-18-4-1-7-21(14-18)33-13-12-31/h1-2,4-5,7-10,14-15,20,31H,3,6,11-13,16-17H2,(H3,26,28,29,32). The normalized spacial score (nSPS) is 17.1. The molecule has 0 aliphatic carbocycles. The molecule has 4 N–H and O–H groups in total. The van der Waals surface area contributed by atoms with E-state index in [0.717, 1.165) is 54.6 Å². The van der Waals surface area contributed by atoms with E-state index in [0.29, 0.717) is 11.5 Å². The summed E-state index contributed by atoms with van der Waals surface area (Å²) in [5.41, 5.74) is 8.07. The number of carbonyl (C=O) groups is 1. The molecule has 1 saturated heterocycles. The molecule has 172 valence electrons. The third-order valence-electron chi connectivity index (χ3n) is 5.74. The van der Waals surface area contributed by atoms with E-state index in [1.807, 2.05) is 42.5 Å². The van der Waals surface area contributed by atoms with Crippen molar-refractivity contribution in [2.24, 2.45) is 16.6 Å². The molecule has 1 aliphatic heterocycles. The third-order valence-corrected chi connectivity index (χ3v) is 5.74. The van der Waals surface area contributed by atoms with Gasteiger partial charge in [-0.1, -0.05) is 24.3 Å². The summed E-state index contributed by atoms with van der Waals surface area (Å²) in [6.45, 7) is 2.73. The van der Waals surface area contributed by atoms with E-state index in [2.05, 4.69) is 26.3 Å². The highest BCUT2D eigenvalue weighted by Gasteiger charge is 2.23. The molecule has 1 aliphatic rings. The topological polar surface area (TPSA) is 113 Å². The van der Waals surface area contributed by atoms with Crippen molar-refractivity contribution in [3.05, 3.63) is 66.5 Å². The van der Waals surface area contributed by atoms with Gasteiger partial charge in [0.2, 0.25) is 0 Å². The second-order valence-corrected chi connectivity index (χ2v) is 8.16. The van der Waals surface area contributed by atoms with Crippen LogP contribution in [0, 0.1) is 5.92 Å². The minimum atomic E-state index is -0.470. The maximum absolute atomic E-state index is 12.6. The number of hydrogen-bond donors (Lipinski definition) is 3. The van der Waals surface area contributed by atoms with Crippen LogP contribution in [0.4, 0.5) is 10.5 Å². The van der Waals surface area contributed by atoms with Crippen molar-refractivity contribution in [1.29, 1.82) is 0 Å². The molecule has 0 bridgehead atoms. The lowest BCUT2D eigenvalue weighted by molar-refractivity contribution is 0.193. The fraction of sp³-hybridized carbons (Fsp3) is 0.320. The highest BCUT2D eigenvalue weighted by atomic mass is 16.5. The molecule has 0 saturated carbocycles. The van der Waals surface area contributed by atoms with Crippen LogP contribution >= 0.6 is 0 Å².